The highest BCUT2D eigenvalue weighted by molar-refractivity contribution is 9.10. The third-order valence-electron chi connectivity index (χ3n) is 4.00. The Bertz CT molecular complexity index is 1020. The zero-order valence-corrected chi connectivity index (χ0v) is 18.2. The van der Waals surface area contributed by atoms with Crippen molar-refractivity contribution in [2.75, 3.05) is 27.3 Å². The zero-order valence-electron chi connectivity index (χ0n) is 15.1. The van der Waals surface area contributed by atoms with Gasteiger partial charge in [0, 0.05) is 24.1 Å². The molecule has 3 rings (SSSR count). The van der Waals surface area contributed by atoms with Crippen LogP contribution in [0.2, 0.25) is 5.02 Å². The number of hydrogen-bond acceptors (Lipinski definition) is 6. The lowest BCUT2D eigenvalue weighted by molar-refractivity contribution is 0.0471. The van der Waals surface area contributed by atoms with Crippen LogP contribution in [0.25, 0.3) is 0 Å². The van der Waals surface area contributed by atoms with Gasteiger partial charge in [0.05, 0.1) is 10.6 Å². The maximum absolute atomic E-state index is 12.4. The van der Waals surface area contributed by atoms with Crippen molar-refractivity contribution in [1.82, 2.24) is 4.31 Å². The first-order chi connectivity index (χ1) is 13.2. The molecule has 1 aliphatic heterocycles. The molecular weight excluding hydrogens is 474 g/mol. The average molecular weight is 491 g/mol. The fourth-order valence-electron chi connectivity index (χ4n) is 2.47. The molecule has 0 fully saturated rings. The Morgan fingerprint density at radius 2 is 1.82 bits per heavy atom. The Morgan fingerprint density at radius 1 is 1.18 bits per heavy atom. The van der Waals surface area contributed by atoms with Crippen LogP contribution in [0.1, 0.15) is 15.9 Å². The van der Waals surface area contributed by atoms with Crippen LogP contribution in [-0.4, -0.2) is 46.0 Å². The molecule has 0 atom stereocenters. The summed E-state index contributed by atoms with van der Waals surface area (Å²) in [6.07, 6.45) is 0. The number of benzene rings is 2. The first-order valence-electron chi connectivity index (χ1n) is 8.17. The van der Waals surface area contributed by atoms with Crippen molar-refractivity contribution >= 4 is 43.5 Å². The molecule has 0 saturated heterocycles. The molecule has 7 nitrogen and oxygen atoms in total. The van der Waals surface area contributed by atoms with Gasteiger partial charge in [-0.15, -0.1) is 0 Å². The van der Waals surface area contributed by atoms with E-state index in [0.717, 1.165) is 4.31 Å². The summed E-state index contributed by atoms with van der Waals surface area (Å²) < 4.78 is 42.8. The molecular formula is C18H17BrClNO6S. The second kappa shape index (κ2) is 8.28. The van der Waals surface area contributed by atoms with Crippen LogP contribution in [0.4, 0.5) is 0 Å². The van der Waals surface area contributed by atoms with Gasteiger partial charge >= 0.3 is 5.97 Å². The van der Waals surface area contributed by atoms with E-state index in [1.165, 1.54) is 32.3 Å². The number of carbonyl (C=O) groups is 1. The van der Waals surface area contributed by atoms with E-state index in [4.69, 9.17) is 25.8 Å². The van der Waals surface area contributed by atoms with Gasteiger partial charge in [0.15, 0.2) is 11.5 Å². The number of fused-ring (bicyclic) bond motifs is 1. The van der Waals surface area contributed by atoms with E-state index < -0.39 is 16.0 Å². The van der Waals surface area contributed by atoms with E-state index >= 15 is 0 Å². The topological polar surface area (TPSA) is 82.1 Å². The maximum Gasteiger partial charge on any atom is 0.338 e. The molecule has 28 heavy (non-hydrogen) atoms. The maximum atomic E-state index is 12.4. The third-order valence-corrected chi connectivity index (χ3v) is 7.03. The molecule has 0 N–H and O–H groups in total. The summed E-state index contributed by atoms with van der Waals surface area (Å²) in [6, 6.07) is 7.46. The molecule has 2 aromatic rings. The van der Waals surface area contributed by atoms with Crippen molar-refractivity contribution in [2.45, 2.75) is 11.5 Å². The number of rotatable bonds is 5. The standard InChI is InChI=1S/C18H17BrClNO6S/c1-21(2)28(23,24)17-8-11(3-4-14(17)20)18(22)27-10-12-7-15-16(9-13(12)19)26-6-5-25-15/h3-4,7-9H,5-6,10H2,1-2H3. The number of halogens is 2. The van der Waals surface area contributed by atoms with E-state index in [1.54, 1.807) is 12.1 Å². The lowest BCUT2D eigenvalue weighted by Gasteiger charge is -2.20. The van der Waals surface area contributed by atoms with Gasteiger partial charge in [-0.05, 0) is 30.3 Å². The molecule has 10 heteroatoms. The molecule has 0 unspecified atom stereocenters. The van der Waals surface area contributed by atoms with E-state index in [9.17, 15) is 13.2 Å². The van der Waals surface area contributed by atoms with Crippen molar-refractivity contribution < 1.29 is 27.4 Å². The first kappa shape index (κ1) is 20.9. The Labute approximate surface area is 176 Å². The Balaban J connectivity index is 1.79. The summed E-state index contributed by atoms with van der Waals surface area (Å²) in [6.45, 7) is 0.888. The highest BCUT2D eigenvalue weighted by Gasteiger charge is 2.23. The fraction of sp³-hybridized carbons (Fsp3) is 0.278. The number of esters is 1. The van der Waals surface area contributed by atoms with Crippen LogP contribution in [0, 0.1) is 0 Å². The van der Waals surface area contributed by atoms with Gasteiger partial charge in [-0.1, -0.05) is 27.5 Å². The summed E-state index contributed by atoms with van der Waals surface area (Å²) in [7, 11) is -1.02. The number of carbonyl (C=O) groups excluding carboxylic acids is 1. The first-order valence-corrected chi connectivity index (χ1v) is 10.8. The van der Waals surface area contributed by atoms with Gasteiger partial charge in [0.25, 0.3) is 0 Å². The van der Waals surface area contributed by atoms with Gasteiger partial charge in [0.1, 0.15) is 24.7 Å². The Morgan fingerprint density at radius 3 is 2.46 bits per heavy atom. The van der Waals surface area contributed by atoms with Crippen LogP contribution < -0.4 is 9.47 Å². The lowest BCUT2D eigenvalue weighted by atomic mass is 10.2. The molecule has 0 bridgehead atoms. The van der Waals surface area contributed by atoms with Crippen LogP contribution in [0.15, 0.2) is 39.7 Å². The summed E-state index contributed by atoms with van der Waals surface area (Å²) in [4.78, 5) is 12.3. The Hall–Kier alpha value is -1.81. The Kier molecular flexibility index (Phi) is 6.18. The molecule has 0 aromatic heterocycles. The van der Waals surface area contributed by atoms with Crippen LogP contribution in [-0.2, 0) is 21.4 Å². The molecule has 0 aliphatic carbocycles. The van der Waals surface area contributed by atoms with Crippen molar-refractivity contribution in [2.24, 2.45) is 0 Å². The third kappa shape index (κ3) is 4.27. The summed E-state index contributed by atoms with van der Waals surface area (Å²) in [5.74, 6) is 0.518. The van der Waals surface area contributed by atoms with E-state index in [2.05, 4.69) is 15.9 Å². The van der Waals surface area contributed by atoms with Gasteiger partial charge in [0.2, 0.25) is 10.0 Å². The van der Waals surface area contributed by atoms with Crippen molar-refractivity contribution in [3.05, 3.63) is 51.0 Å². The highest BCUT2D eigenvalue weighted by atomic mass is 79.9. The van der Waals surface area contributed by atoms with Crippen LogP contribution in [0.5, 0.6) is 11.5 Å². The number of hydrogen-bond donors (Lipinski definition) is 0. The molecule has 150 valence electrons. The molecule has 2 aromatic carbocycles. The van der Waals surface area contributed by atoms with Gasteiger partial charge < -0.3 is 14.2 Å². The molecule has 1 aliphatic rings. The number of nitrogens with zero attached hydrogens (tertiary/aromatic N) is 1. The van der Waals surface area contributed by atoms with Crippen molar-refractivity contribution in [3.8, 4) is 11.5 Å². The van der Waals surface area contributed by atoms with Gasteiger partial charge in [-0.25, -0.2) is 17.5 Å². The van der Waals surface area contributed by atoms with Crippen LogP contribution >= 0.6 is 27.5 Å². The largest absolute Gasteiger partial charge is 0.486 e. The lowest BCUT2D eigenvalue weighted by Crippen LogP contribution is -2.23. The van der Waals surface area contributed by atoms with Crippen molar-refractivity contribution in [1.29, 1.82) is 0 Å². The smallest absolute Gasteiger partial charge is 0.338 e. The quantitative estimate of drug-likeness (QED) is 0.597. The van der Waals surface area contributed by atoms with Crippen molar-refractivity contribution in [3.63, 3.8) is 0 Å². The molecule has 1 heterocycles. The van der Waals surface area contributed by atoms with Crippen LogP contribution in [0.3, 0.4) is 0 Å². The number of sulfonamides is 1. The average Bonchev–Trinajstić information content (AvgIpc) is 2.66. The molecule has 0 spiro atoms. The van der Waals surface area contributed by atoms with E-state index in [1.807, 2.05) is 0 Å². The number of ether oxygens (including phenoxy) is 3. The van der Waals surface area contributed by atoms with Gasteiger partial charge in [-0.3, -0.25) is 0 Å². The summed E-state index contributed by atoms with van der Waals surface area (Å²) in [5, 5.41) is 0.0276. The van der Waals surface area contributed by atoms with Gasteiger partial charge in [-0.2, -0.15) is 0 Å². The van der Waals surface area contributed by atoms with E-state index in [-0.39, 0.29) is 22.1 Å². The monoisotopic (exact) mass is 489 g/mol. The summed E-state index contributed by atoms with van der Waals surface area (Å²) in [5.41, 5.74) is 0.770. The predicted molar refractivity (Wildman–Crippen MR) is 107 cm³/mol. The zero-order chi connectivity index (χ0) is 20.5. The summed E-state index contributed by atoms with van der Waals surface area (Å²) >= 11 is 9.42. The second-order valence-electron chi connectivity index (χ2n) is 6.10. The van der Waals surface area contributed by atoms with E-state index in [0.29, 0.717) is 34.7 Å². The predicted octanol–water partition coefficient (Wildman–Crippen LogP) is 3.48. The molecule has 0 amide bonds. The minimum Gasteiger partial charge on any atom is -0.486 e. The molecule has 0 saturated carbocycles. The second-order valence-corrected chi connectivity index (χ2v) is 9.48. The SMILES string of the molecule is CN(C)S(=O)(=O)c1cc(C(=O)OCc2cc3c(cc2Br)OCCO3)ccc1Cl. The normalized spacial score (nSPS) is 13.5. The minimum atomic E-state index is -3.79. The molecule has 0 radical (unpaired) electrons. The highest BCUT2D eigenvalue weighted by Crippen LogP contribution is 2.36. The minimum absolute atomic E-state index is 0.0276. The fourth-order valence-corrected chi connectivity index (χ4v) is 4.30.